The molecule has 0 unspecified atom stereocenters. The molecule has 1 heterocycles. The standard InChI is InChI=1S/C20H15ClN2O3/c1-25-14-6-7-15(19(9-14)26-2)18-10-16(17(11-22)20(24)23-18)12-4-3-5-13(21)8-12/h3-10H,1-2H3,(H,23,24). The molecule has 1 aromatic heterocycles. The number of H-pyrrole nitrogens is 1. The number of aromatic amines is 1. The monoisotopic (exact) mass is 366 g/mol. The number of nitriles is 1. The molecule has 0 aliphatic carbocycles. The lowest BCUT2D eigenvalue weighted by Crippen LogP contribution is -2.13. The molecule has 6 heteroatoms. The van der Waals surface area contributed by atoms with Crippen LogP contribution in [0.25, 0.3) is 22.4 Å². The Kier molecular flexibility index (Phi) is 4.97. The van der Waals surface area contributed by atoms with Crippen LogP contribution in [0, 0.1) is 11.3 Å². The van der Waals surface area contributed by atoms with E-state index in [2.05, 4.69) is 4.98 Å². The average Bonchev–Trinajstić information content (AvgIpc) is 2.66. The van der Waals surface area contributed by atoms with Gasteiger partial charge < -0.3 is 14.5 Å². The van der Waals surface area contributed by atoms with Crippen molar-refractivity contribution in [1.29, 1.82) is 5.26 Å². The van der Waals surface area contributed by atoms with E-state index in [9.17, 15) is 10.1 Å². The molecule has 0 aliphatic heterocycles. The maximum atomic E-state index is 12.5. The Bertz CT molecular complexity index is 1070. The molecule has 2 aromatic carbocycles. The van der Waals surface area contributed by atoms with Crippen molar-refractivity contribution in [3.8, 4) is 40.0 Å². The largest absolute Gasteiger partial charge is 0.497 e. The van der Waals surface area contributed by atoms with Crippen LogP contribution in [0.2, 0.25) is 5.02 Å². The molecule has 0 saturated carbocycles. The van der Waals surface area contributed by atoms with Gasteiger partial charge in [-0.1, -0.05) is 23.7 Å². The molecule has 0 aliphatic rings. The zero-order valence-electron chi connectivity index (χ0n) is 14.2. The van der Waals surface area contributed by atoms with Gasteiger partial charge in [-0.2, -0.15) is 5.26 Å². The van der Waals surface area contributed by atoms with E-state index >= 15 is 0 Å². The summed E-state index contributed by atoms with van der Waals surface area (Å²) < 4.78 is 10.6. The van der Waals surface area contributed by atoms with Crippen molar-refractivity contribution in [3.63, 3.8) is 0 Å². The SMILES string of the molecule is COc1ccc(-c2cc(-c3cccc(Cl)c3)c(C#N)c(=O)[nH]2)c(OC)c1. The topological polar surface area (TPSA) is 75.1 Å². The van der Waals surface area contributed by atoms with Crippen molar-refractivity contribution in [2.24, 2.45) is 0 Å². The van der Waals surface area contributed by atoms with Gasteiger partial charge in [0.15, 0.2) is 0 Å². The van der Waals surface area contributed by atoms with Gasteiger partial charge in [-0.15, -0.1) is 0 Å². The van der Waals surface area contributed by atoms with Crippen molar-refractivity contribution < 1.29 is 9.47 Å². The highest BCUT2D eigenvalue weighted by molar-refractivity contribution is 6.30. The minimum atomic E-state index is -0.474. The molecule has 0 bridgehead atoms. The van der Waals surface area contributed by atoms with Crippen molar-refractivity contribution >= 4 is 11.6 Å². The lowest BCUT2D eigenvalue weighted by Gasteiger charge is -2.12. The van der Waals surface area contributed by atoms with Crippen LogP contribution in [0.1, 0.15) is 5.56 Å². The smallest absolute Gasteiger partial charge is 0.266 e. The second-order valence-electron chi connectivity index (χ2n) is 5.49. The quantitative estimate of drug-likeness (QED) is 0.748. The zero-order valence-corrected chi connectivity index (χ0v) is 14.9. The van der Waals surface area contributed by atoms with Crippen LogP contribution in [0.3, 0.4) is 0 Å². The van der Waals surface area contributed by atoms with Crippen LogP contribution < -0.4 is 15.0 Å². The third-order valence-electron chi connectivity index (χ3n) is 3.98. The highest BCUT2D eigenvalue weighted by Gasteiger charge is 2.15. The first-order valence-electron chi connectivity index (χ1n) is 7.73. The number of halogens is 1. The molecule has 0 atom stereocenters. The van der Waals surface area contributed by atoms with Gasteiger partial charge in [-0.25, -0.2) is 0 Å². The van der Waals surface area contributed by atoms with Crippen LogP contribution in [-0.2, 0) is 0 Å². The molecular weight excluding hydrogens is 352 g/mol. The summed E-state index contributed by atoms with van der Waals surface area (Å²) in [5, 5.41) is 9.94. The number of benzene rings is 2. The van der Waals surface area contributed by atoms with Gasteiger partial charge in [0.25, 0.3) is 5.56 Å². The van der Waals surface area contributed by atoms with Crippen LogP contribution in [0.15, 0.2) is 53.3 Å². The van der Waals surface area contributed by atoms with Gasteiger partial charge in [0.2, 0.25) is 0 Å². The van der Waals surface area contributed by atoms with E-state index in [-0.39, 0.29) is 5.56 Å². The van der Waals surface area contributed by atoms with Crippen LogP contribution in [-0.4, -0.2) is 19.2 Å². The predicted octanol–water partition coefficient (Wildman–Crippen LogP) is 4.25. The maximum Gasteiger partial charge on any atom is 0.266 e. The number of nitrogens with one attached hydrogen (secondary N) is 1. The predicted molar refractivity (Wildman–Crippen MR) is 101 cm³/mol. The summed E-state index contributed by atoms with van der Waals surface area (Å²) in [6.07, 6.45) is 0. The van der Waals surface area contributed by atoms with Crippen LogP contribution in [0.4, 0.5) is 0 Å². The van der Waals surface area contributed by atoms with E-state index in [1.165, 1.54) is 7.11 Å². The zero-order chi connectivity index (χ0) is 18.7. The Hall–Kier alpha value is -3.23. The summed E-state index contributed by atoms with van der Waals surface area (Å²) in [5.41, 5.74) is 1.96. The summed E-state index contributed by atoms with van der Waals surface area (Å²) >= 11 is 6.07. The first-order chi connectivity index (χ1) is 12.6. The molecule has 0 radical (unpaired) electrons. The number of ether oxygens (including phenoxy) is 2. The lowest BCUT2D eigenvalue weighted by molar-refractivity contribution is 0.395. The Balaban J connectivity index is 2.26. The van der Waals surface area contributed by atoms with Crippen LogP contribution in [0.5, 0.6) is 11.5 Å². The van der Waals surface area contributed by atoms with Crippen molar-refractivity contribution in [2.75, 3.05) is 14.2 Å². The molecule has 0 saturated heterocycles. The van der Waals surface area contributed by atoms with E-state index in [4.69, 9.17) is 21.1 Å². The van der Waals surface area contributed by atoms with Gasteiger partial charge in [0.05, 0.1) is 19.9 Å². The van der Waals surface area contributed by atoms with Gasteiger partial charge in [0.1, 0.15) is 23.1 Å². The van der Waals surface area contributed by atoms with Crippen molar-refractivity contribution in [1.82, 2.24) is 4.98 Å². The van der Waals surface area contributed by atoms with Crippen molar-refractivity contribution in [3.05, 3.63) is 69.5 Å². The third-order valence-corrected chi connectivity index (χ3v) is 4.21. The number of pyridine rings is 1. The summed E-state index contributed by atoms with van der Waals surface area (Å²) in [6, 6.07) is 16.0. The highest BCUT2D eigenvalue weighted by atomic mass is 35.5. The number of methoxy groups -OCH3 is 2. The fourth-order valence-corrected chi connectivity index (χ4v) is 2.91. The number of nitrogens with zero attached hydrogens (tertiary/aromatic N) is 1. The van der Waals surface area contributed by atoms with Crippen LogP contribution >= 0.6 is 11.6 Å². The Morgan fingerprint density at radius 3 is 2.50 bits per heavy atom. The van der Waals surface area contributed by atoms with E-state index in [0.717, 1.165) is 0 Å². The molecule has 3 rings (SSSR count). The highest BCUT2D eigenvalue weighted by Crippen LogP contribution is 2.34. The second-order valence-corrected chi connectivity index (χ2v) is 5.93. The van der Waals surface area contributed by atoms with E-state index in [1.54, 1.807) is 55.6 Å². The Morgan fingerprint density at radius 2 is 1.85 bits per heavy atom. The normalized spacial score (nSPS) is 10.2. The summed E-state index contributed by atoms with van der Waals surface area (Å²) in [4.78, 5) is 15.2. The van der Waals surface area contributed by atoms with Gasteiger partial charge >= 0.3 is 0 Å². The third kappa shape index (κ3) is 3.28. The molecule has 26 heavy (non-hydrogen) atoms. The van der Waals surface area contributed by atoms with Crippen molar-refractivity contribution in [2.45, 2.75) is 0 Å². The Labute approximate surface area is 155 Å². The summed E-state index contributed by atoms with van der Waals surface area (Å²) in [7, 11) is 3.10. The molecule has 3 aromatic rings. The lowest BCUT2D eigenvalue weighted by atomic mass is 9.99. The molecule has 0 fully saturated rings. The second kappa shape index (κ2) is 7.34. The number of rotatable bonds is 4. The number of hydrogen-bond donors (Lipinski definition) is 1. The molecule has 1 N–H and O–H groups in total. The number of aromatic nitrogens is 1. The van der Waals surface area contributed by atoms with E-state index in [1.807, 2.05) is 6.07 Å². The molecular formula is C20H15ClN2O3. The van der Waals surface area contributed by atoms with Gasteiger partial charge in [-0.3, -0.25) is 4.79 Å². The molecule has 0 amide bonds. The first kappa shape index (κ1) is 17.6. The fraction of sp³-hybridized carbons (Fsp3) is 0.100. The minimum absolute atomic E-state index is 0.0310. The van der Waals surface area contributed by atoms with Gasteiger partial charge in [-0.05, 0) is 35.9 Å². The average molecular weight is 367 g/mol. The molecule has 130 valence electrons. The van der Waals surface area contributed by atoms with Gasteiger partial charge in [0, 0.05) is 22.2 Å². The summed E-state index contributed by atoms with van der Waals surface area (Å²) in [5.74, 6) is 1.18. The Morgan fingerprint density at radius 1 is 1.04 bits per heavy atom. The number of hydrogen-bond acceptors (Lipinski definition) is 4. The summed E-state index contributed by atoms with van der Waals surface area (Å²) in [6.45, 7) is 0. The first-order valence-corrected chi connectivity index (χ1v) is 8.11. The minimum Gasteiger partial charge on any atom is -0.497 e. The molecule has 5 nitrogen and oxygen atoms in total. The van der Waals surface area contributed by atoms with E-state index < -0.39 is 5.56 Å². The van der Waals surface area contributed by atoms with E-state index in [0.29, 0.717) is 38.9 Å². The molecule has 0 spiro atoms. The fourth-order valence-electron chi connectivity index (χ4n) is 2.72. The maximum absolute atomic E-state index is 12.5.